The predicted molar refractivity (Wildman–Crippen MR) is 120 cm³/mol. The lowest BCUT2D eigenvalue weighted by atomic mass is 10.2. The summed E-state index contributed by atoms with van der Waals surface area (Å²) in [4.78, 5) is 16.5. The number of hydrogen-bond acceptors (Lipinski definition) is 3. The number of nitrogens with zero attached hydrogens (tertiary/aromatic N) is 1. The highest BCUT2D eigenvalue weighted by Gasteiger charge is 2.23. The van der Waals surface area contributed by atoms with Gasteiger partial charge in [0.2, 0.25) is 0 Å². The lowest BCUT2D eigenvalue weighted by Crippen LogP contribution is -2.26. The van der Waals surface area contributed by atoms with Gasteiger partial charge in [-0.3, -0.25) is 4.79 Å². The van der Waals surface area contributed by atoms with E-state index in [2.05, 4.69) is 15.6 Å². The van der Waals surface area contributed by atoms with Crippen LogP contribution < -0.4 is 16.4 Å². The fourth-order valence-corrected chi connectivity index (χ4v) is 2.84. The Morgan fingerprint density at radius 1 is 1.19 bits per heavy atom. The molecule has 1 fully saturated rings. The van der Waals surface area contributed by atoms with Crippen LogP contribution in [0.25, 0.3) is 0 Å². The number of rotatable bonds is 5. The first-order valence-electron chi connectivity index (χ1n) is 8.75. The zero-order valence-corrected chi connectivity index (χ0v) is 17.6. The molecule has 0 aromatic heterocycles. The third kappa shape index (κ3) is 6.51. The fraction of sp³-hybridized carbons (Fsp3) is 0.300. The van der Waals surface area contributed by atoms with Crippen LogP contribution in [0.15, 0.2) is 53.5 Å². The number of aliphatic imine (C=N–C) groups is 1. The number of amides is 1. The molecule has 1 unspecified atom stereocenters. The van der Waals surface area contributed by atoms with Gasteiger partial charge >= 0.3 is 0 Å². The van der Waals surface area contributed by atoms with Crippen molar-refractivity contribution < 1.29 is 9.53 Å². The summed E-state index contributed by atoms with van der Waals surface area (Å²) in [6.45, 7) is 3.10. The van der Waals surface area contributed by atoms with E-state index < -0.39 is 0 Å². The van der Waals surface area contributed by atoms with E-state index in [1.54, 1.807) is 0 Å². The number of guanidine groups is 1. The van der Waals surface area contributed by atoms with Gasteiger partial charge in [-0.25, -0.2) is 4.99 Å². The standard InChI is InChI=1S/C20H24N4O2.HI/c1-14-5-2-7-16(11-14)24-20(21)22-13-15-6-3-8-17(12-15)23-19(25)18-9-4-10-26-18;/h2-3,5-8,11-12,18H,4,9-10,13H2,1H3,(H,23,25)(H3,21,22,24);1H. The Kier molecular flexibility index (Phi) is 8.05. The topological polar surface area (TPSA) is 88.7 Å². The summed E-state index contributed by atoms with van der Waals surface area (Å²) in [7, 11) is 0. The van der Waals surface area contributed by atoms with Gasteiger partial charge in [0, 0.05) is 18.0 Å². The highest BCUT2D eigenvalue weighted by Crippen LogP contribution is 2.17. The van der Waals surface area contributed by atoms with Crippen LogP contribution in [0.3, 0.4) is 0 Å². The molecule has 2 aromatic carbocycles. The van der Waals surface area contributed by atoms with Crippen molar-refractivity contribution in [2.75, 3.05) is 17.2 Å². The number of hydrogen-bond donors (Lipinski definition) is 3. The third-order valence-corrected chi connectivity index (χ3v) is 4.14. The zero-order chi connectivity index (χ0) is 18.4. The second-order valence-corrected chi connectivity index (χ2v) is 6.39. The monoisotopic (exact) mass is 480 g/mol. The van der Waals surface area contributed by atoms with Crippen molar-refractivity contribution in [2.24, 2.45) is 10.7 Å². The summed E-state index contributed by atoms with van der Waals surface area (Å²) in [5, 5.41) is 5.98. The average molecular weight is 480 g/mol. The summed E-state index contributed by atoms with van der Waals surface area (Å²) in [5.41, 5.74) is 9.72. The highest BCUT2D eigenvalue weighted by atomic mass is 127. The van der Waals surface area contributed by atoms with E-state index >= 15 is 0 Å². The van der Waals surface area contributed by atoms with Gasteiger partial charge in [-0.15, -0.1) is 24.0 Å². The summed E-state index contributed by atoms with van der Waals surface area (Å²) < 4.78 is 5.40. The Morgan fingerprint density at radius 3 is 2.63 bits per heavy atom. The lowest BCUT2D eigenvalue weighted by molar-refractivity contribution is -0.124. The third-order valence-electron chi connectivity index (χ3n) is 4.14. The normalized spacial score (nSPS) is 16.5. The highest BCUT2D eigenvalue weighted by molar-refractivity contribution is 14.0. The van der Waals surface area contributed by atoms with Crippen molar-refractivity contribution in [3.8, 4) is 0 Å². The average Bonchev–Trinajstić information content (AvgIpc) is 3.15. The molecule has 0 bridgehead atoms. The van der Waals surface area contributed by atoms with Crippen LogP contribution in [0.2, 0.25) is 0 Å². The minimum atomic E-state index is -0.342. The second kappa shape index (κ2) is 10.3. The van der Waals surface area contributed by atoms with Crippen LogP contribution in [0.4, 0.5) is 11.4 Å². The molecule has 0 aliphatic carbocycles. The number of nitrogens with one attached hydrogen (secondary N) is 2. The van der Waals surface area contributed by atoms with Crippen molar-refractivity contribution in [1.82, 2.24) is 0 Å². The van der Waals surface area contributed by atoms with Crippen LogP contribution in [-0.2, 0) is 16.1 Å². The fourth-order valence-electron chi connectivity index (χ4n) is 2.84. The van der Waals surface area contributed by atoms with Crippen molar-refractivity contribution in [3.05, 3.63) is 59.7 Å². The number of aryl methyl sites for hydroxylation is 1. The van der Waals surface area contributed by atoms with Crippen LogP contribution in [-0.4, -0.2) is 24.6 Å². The summed E-state index contributed by atoms with van der Waals surface area (Å²) in [6.07, 6.45) is 1.36. The van der Waals surface area contributed by atoms with E-state index in [4.69, 9.17) is 10.5 Å². The maximum atomic E-state index is 12.1. The molecule has 3 rings (SSSR count). The van der Waals surface area contributed by atoms with Gasteiger partial charge in [0.05, 0.1) is 6.54 Å². The molecule has 4 N–H and O–H groups in total. The molecule has 0 saturated carbocycles. The quantitative estimate of drug-likeness (QED) is 0.346. The Balaban J connectivity index is 0.00000261. The van der Waals surface area contributed by atoms with Gasteiger partial charge in [0.1, 0.15) is 6.10 Å². The number of anilines is 2. The Morgan fingerprint density at radius 2 is 1.93 bits per heavy atom. The molecule has 1 aliphatic heterocycles. The second-order valence-electron chi connectivity index (χ2n) is 6.39. The minimum Gasteiger partial charge on any atom is -0.370 e. The van der Waals surface area contributed by atoms with E-state index in [1.807, 2.05) is 55.5 Å². The SMILES string of the molecule is Cc1cccc(NC(N)=NCc2cccc(NC(=O)C3CCCO3)c2)c1.I. The van der Waals surface area contributed by atoms with Crippen molar-refractivity contribution in [1.29, 1.82) is 0 Å². The maximum Gasteiger partial charge on any atom is 0.253 e. The molecule has 2 aromatic rings. The first-order chi connectivity index (χ1) is 12.6. The molecule has 144 valence electrons. The Hall–Kier alpha value is -2.13. The minimum absolute atomic E-state index is 0. The smallest absolute Gasteiger partial charge is 0.253 e. The number of carbonyl (C=O) groups is 1. The van der Waals surface area contributed by atoms with Gasteiger partial charge in [-0.2, -0.15) is 0 Å². The molecule has 0 radical (unpaired) electrons. The predicted octanol–water partition coefficient (Wildman–Crippen LogP) is 3.66. The Bertz CT molecular complexity index is 804. The molecule has 27 heavy (non-hydrogen) atoms. The number of benzene rings is 2. The van der Waals surface area contributed by atoms with Gasteiger partial charge in [-0.1, -0.05) is 24.3 Å². The van der Waals surface area contributed by atoms with Crippen LogP contribution in [0, 0.1) is 6.92 Å². The van der Waals surface area contributed by atoms with E-state index in [9.17, 15) is 4.79 Å². The molecule has 0 spiro atoms. The van der Waals surface area contributed by atoms with Gasteiger partial charge in [-0.05, 0) is 55.2 Å². The van der Waals surface area contributed by atoms with Crippen LogP contribution in [0.5, 0.6) is 0 Å². The van der Waals surface area contributed by atoms with Gasteiger partial charge < -0.3 is 21.1 Å². The van der Waals surface area contributed by atoms with E-state index in [0.717, 1.165) is 35.3 Å². The lowest BCUT2D eigenvalue weighted by Gasteiger charge is -2.11. The first-order valence-corrected chi connectivity index (χ1v) is 8.75. The molecule has 1 atom stereocenters. The van der Waals surface area contributed by atoms with E-state index in [-0.39, 0.29) is 36.0 Å². The summed E-state index contributed by atoms with van der Waals surface area (Å²) in [6, 6.07) is 15.5. The van der Waals surface area contributed by atoms with Crippen LogP contribution >= 0.6 is 24.0 Å². The maximum absolute atomic E-state index is 12.1. The van der Waals surface area contributed by atoms with Crippen molar-refractivity contribution in [2.45, 2.75) is 32.4 Å². The number of nitrogens with two attached hydrogens (primary N) is 1. The number of ether oxygens (including phenoxy) is 1. The molecule has 1 saturated heterocycles. The van der Waals surface area contributed by atoms with Gasteiger partial charge in [0.15, 0.2) is 5.96 Å². The van der Waals surface area contributed by atoms with Gasteiger partial charge in [0.25, 0.3) is 5.91 Å². The molecular formula is C20H25IN4O2. The first kappa shape index (κ1) is 21.2. The zero-order valence-electron chi connectivity index (χ0n) is 15.3. The number of halogens is 1. The molecule has 1 heterocycles. The van der Waals surface area contributed by atoms with Crippen molar-refractivity contribution >= 4 is 47.2 Å². The molecule has 1 amide bonds. The van der Waals surface area contributed by atoms with E-state index in [1.165, 1.54) is 0 Å². The summed E-state index contributed by atoms with van der Waals surface area (Å²) in [5.74, 6) is 0.258. The Labute approximate surface area is 176 Å². The largest absolute Gasteiger partial charge is 0.370 e. The molecule has 7 heteroatoms. The molecule has 1 aliphatic rings. The number of carbonyl (C=O) groups excluding carboxylic acids is 1. The van der Waals surface area contributed by atoms with Crippen LogP contribution in [0.1, 0.15) is 24.0 Å². The summed E-state index contributed by atoms with van der Waals surface area (Å²) >= 11 is 0. The van der Waals surface area contributed by atoms with E-state index in [0.29, 0.717) is 19.1 Å². The van der Waals surface area contributed by atoms with Crippen molar-refractivity contribution in [3.63, 3.8) is 0 Å². The molecular weight excluding hydrogens is 455 g/mol. The molecule has 6 nitrogen and oxygen atoms in total.